The summed E-state index contributed by atoms with van der Waals surface area (Å²) in [6.07, 6.45) is 7.01. The Balaban J connectivity index is 0.00000280. The van der Waals surface area contributed by atoms with Gasteiger partial charge in [0.15, 0.2) is 5.96 Å². The third-order valence-corrected chi connectivity index (χ3v) is 5.19. The molecule has 0 amide bonds. The maximum atomic E-state index is 5.36. The van der Waals surface area contributed by atoms with Crippen LogP contribution in [0, 0.1) is 0 Å². The van der Waals surface area contributed by atoms with Gasteiger partial charge in [-0.25, -0.2) is 4.99 Å². The van der Waals surface area contributed by atoms with Crippen molar-refractivity contribution in [2.45, 2.75) is 45.7 Å². The number of benzene rings is 1. The first kappa shape index (κ1) is 23.2. The molecule has 1 fully saturated rings. The van der Waals surface area contributed by atoms with Crippen molar-refractivity contribution in [1.29, 1.82) is 0 Å². The van der Waals surface area contributed by atoms with E-state index in [1.165, 1.54) is 42.6 Å². The van der Waals surface area contributed by atoms with Crippen LogP contribution in [0.1, 0.15) is 43.7 Å². The maximum Gasteiger partial charge on any atom is 0.191 e. The van der Waals surface area contributed by atoms with Gasteiger partial charge in [0.1, 0.15) is 0 Å². The molecule has 1 saturated heterocycles. The molecule has 0 aromatic heterocycles. The zero-order valence-electron chi connectivity index (χ0n) is 17.1. The number of guanidine groups is 1. The zero-order chi connectivity index (χ0) is 18.7. The molecule has 6 heteroatoms. The van der Waals surface area contributed by atoms with Crippen LogP contribution in [0.25, 0.3) is 0 Å². The third-order valence-electron chi connectivity index (χ3n) is 5.19. The molecule has 0 unspecified atom stereocenters. The minimum Gasteiger partial charge on any atom is -0.377 e. The van der Waals surface area contributed by atoms with Gasteiger partial charge in [-0.3, -0.25) is 4.90 Å². The zero-order valence-corrected chi connectivity index (χ0v) is 19.4. The van der Waals surface area contributed by atoms with Crippen molar-refractivity contribution < 1.29 is 4.74 Å². The highest BCUT2D eigenvalue weighted by atomic mass is 127. The van der Waals surface area contributed by atoms with E-state index in [9.17, 15) is 0 Å². The Hall–Kier alpha value is -1.12. The second-order valence-electron chi connectivity index (χ2n) is 7.36. The predicted molar refractivity (Wildman–Crippen MR) is 127 cm³/mol. The average molecular weight is 498 g/mol. The molecule has 3 rings (SSSR count). The fourth-order valence-electron chi connectivity index (χ4n) is 3.60. The maximum absolute atomic E-state index is 5.36. The summed E-state index contributed by atoms with van der Waals surface area (Å²) in [7, 11) is 0. The van der Waals surface area contributed by atoms with Crippen LogP contribution in [0.15, 0.2) is 40.9 Å². The Morgan fingerprint density at radius 2 is 1.86 bits per heavy atom. The molecular weight excluding hydrogens is 463 g/mol. The third kappa shape index (κ3) is 8.09. The summed E-state index contributed by atoms with van der Waals surface area (Å²) in [6, 6.07) is 8.93. The minimum absolute atomic E-state index is 0. The number of hydrogen-bond acceptors (Lipinski definition) is 3. The van der Waals surface area contributed by atoms with Gasteiger partial charge in [-0.2, -0.15) is 0 Å². The highest BCUT2D eigenvalue weighted by Crippen LogP contribution is 2.14. The molecule has 0 saturated carbocycles. The molecule has 2 N–H and O–H groups in total. The van der Waals surface area contributed by atoms with E-state index in [2.05, 4.69) is 52.8 Å². The van der Waals surface area contributed by atoms with E-state index < -0.39 is 0 Å². The quantitative estimate of drug-likeness (QED) is 0.249. The number of nitrogens with one attached hydrogen (secondary N) is 2. The molecule has 0 radical (unpaired) electrons. The van der Waals surface area contributed by atoms with E-state index in [0.717, 1.165) is 51.6 Å². The summed E-state index contributed by atoms with van der Waals surface area (Å²) in [5.74, 6) is 0.895. The van der Waals surface area contributed by atoms with Gasteiger partial charge in [-0.15, -0.1) is 24.0 Å². The SMILES string of the molecule is CCNC(=NCc1ccc(CN2CCCC2)cc1)NCCC1=CCOCC1.I. The molecule has 2 heterocycles. The first-order chi connectivity index (χ1) is 13.3. The van der Waals surface area contributed by atoms with Gasteiger partial charge in [0.05, 0.1) is 19.8 Å². The smallest absolute Gasteiger partial charge is 0.191 e. The Morgan fingerprint density at radius 3 is 2.54 bits per heavy atom. The van der Waals surface area contributed by atoms with Crippen molar-refractivity contribution in [2.24, 2.45) is 4.99 Å². The van der Waals surface area contributed by atoms with Gasteiger partial charge in [0.25, 0.3) is 0 Å². The van der Waals surface area contributed by atoms with Crippen LogP contribution in [-0.2, 0) is 17.8 Å². The second kappa shape index (κ2) is 13.2. The number of likely N-dealkylation sites (tertiary alicyclic amines) is 1. The molecule has 1 aromatic carbocycles. The van der Waals surface area contributed by atoms with Crippen LogP contribution in [0.5, 0.6) is 0 Å². The van der Waals surface area contributed by atoms with Gasteiger partial charge < -0.3 is 15.4 Å². The van der Waals surface area contributed by atoms with E-state index in [-0.39, 0.29) is 24.0 Å². The van der Waals surface area contributed by atoms with E-state index in [4.69, 9.17) is 9.73 Å². The van der Waals surface area contributed by atoms with Gasteiger partial charge in [0.2, 0.25) is 0 Å². The summed E-state index contributed by atoms with van der Waals surface area (Å²) in [6.45, 7) is 9.77. The van der Waals surface area contributed by atoms with E-state index in [0.29, 0.717) is 6.54 Å². The Morgan fingerprint density at radius 1 is 1.11 bits per heavy atom. The molecular formula is C22H35IN4O. The summed E-state index contributed by atoms with van der Waals surface area (Å²) in [5, 5.41) is 6.79. The number of aliphatic imine (C=N–C) groups is 1. The summed E-state index contributed by atoms with van der Waals surface area (Å²) in [4.78, 5) is 7.28. The average Bonchev–Trinajstić information content (AvgIpc) is 3.21. The standard InChI is InChI=1S/C22H34N4O.HI/c1-2-23-22(24-12-9-19-10-15-27-16-11-19)25-17-20-5-7-21(8-6-20)18-26-13-3-4-14-26;/h5-8,10H,2-4,9,11-18H2,1H3,(H2,23,24,25);1H. The molecule has 0 spiro atoms. The lowest BCUT2D eigenvalue weighted by Crippen LogP contribution is -2.38. The van der Waals surface area contributed by atoms with Crippen molar-refractivity contribution in [3.8, 4) is 0 Å². The molecule has 0 bridgehead atoms. The second-order valence-corrected chi connectivity index (χ2v) is 7.36. The lowest BCUT2D eigenvalue weighted by molar-refractivity contribution is 0.153. The normalized spacial score (nSPS) is 17.8. The van der Waals surface area contributed by atoms with Crippen LogP contribution in [0.4, 0.5) is 0 Å². The molecule has 2 aliphatic rings. The summed E-state index contributed by atoms with van der Waals surface area (Å²) >= 11 is 0. The molecule has 1 aromatic rings. The predicted octanol–water partition coefficient (Wildman–Crippen LogP) is 3.69. The fourth-order valence-corrected chi connectivity index (χ4v) is 3.60. The van der Waals surface area contributed by atoms with Crippen molar-refractivity contribution in [3.05, 3.63) is 47.0 Å². The van der Waals surface area contributed by atoms with Crippen molar-refractivity contribution in [2.75, 3.05) is 39.4 Å². The fraction of sp³-hybridized carbons (Fsp3) is 0.591. The lowest BCUT2D eigenvalue weighted by Gasteiger charge is -2.16. The summed E-state index contributed by atoms with van der Waals surface area (Å²) in [5.41, 5.74) is 4.14. The van der Waals surface area contributed by atoms with Gasteiger partial charge >= 0.3 is 0 Å². The number of rotatable bonds is 8. The van der Waals surface area contributed by atoms with E-state index in [1.54, 1.807) is 0 Å². The Labute approximate surface area is 187 Å². The topological polar surface area (TPSA) is 48.9 Å². The lowest BCUT2D eigenvalue weighted by atomic mass is 10.1. The Kier molecular flexibility index (Phi) is 10.9. The highest BCUT2D eigenvalue weighted by Gasteiger charge is 2.11. The molecule has 156 valence electrons. The number of nitrogens with zero attached hydrogens (tertiary/aromatic N) is 2. The van der Waals surface area contributed by atoms with Crippen LogP contribution in [0.3, 0.4) is 0 Å². The largest absolute Gasteiger partial charge is 0.377 e. The van der Waals surface area contributed by atoms with Crippen molar-refractivity contribution in [1.82, 2.24) is 15.5 Å². The molecule has 0 aliphatic carbocycles. The minimum atomic E-state index is 0. The van der Waals surface area contributed by atoms with Crippen LogP contribution >= 0.6 is 24.0 Å². The van der Waals surface area contributed by atoms with Crippen molar-refractivity contribution in [3.63, 3.8) is 0 Å². The molecule has 2 aliphatic heterocycles. The van der Waals surface area contributed by atoms with Crippen molar-refractivity contribution >= 4 is 29.9 Å². The van der Waals surface area contributed by atoms with Gasteiger partial charge in [-0.1, -0.05) is 35.9 Å². The number of halogens is 1. The first-order valence-corrected chi connectivity index (χ1v) is 10.4. The summed E-state index contributed by atoms with van der Waals surface area (Å²) < 4.78 is 5.36. The number of ether oxygens (including phenoxy) is 1. The number of hydrogen-bond donors (Lipinski definition) is 2. The molecule has 0 atom stereocenters. The van der Waals surface area contributed by atoms with E-state index in [1.807, 2.05) is 0 Å². The van der Waals surface area contributed by atoms with Crippen LogP contribution in [-0.4, -0.2) is 50.3 Å². The molecule has 5 nitrogen and oxygen atoms in total. The van der Waals surface area contributed by atoms with Gasteiger partial charge in [-0.05, 0) is 56.8 Å². The first-order valence-electron chi connectivity index (χ1n) is 10.4. The van der Waals surface area contributed by atoms with Crippen LogP contribution < -0.4 is 10.6 Å². The highest BCUT2D eigenvalue weighted by molar-refractivity contribution is 14.0. The monoisotopic (exact) mass is 498 g/mol. The van der Waals surface area contributed by atoms with Gasteiger partial charge in [0, 0.05) is 19.6 Å². The Bertz CT molecular complexity index is 624. The molecule has 28 heavy (non-hydrogen) atoms. The van der Waals surface area contributed by atoms with Crippen LogP contribution in [0.2, 0.25) is 0 Å². The van der Waals surface area contributed by atoms with E-state index >= 15 is 0 Å².